The highest BCUT2D eigenvalue weighted by Gasteiger charge is 2.17. The number of halogens is 2. The number of nitrogens with one attached hydrogen (secondary N) is 1. The van der Waals surface area contributed by atoms with E-state index in [2.05, 4.69) is 85.9 Å². The Kier molecular flexibility index (Phi) is 4.50. The maximum Gasteiger partial charge on any atom is 0.0588 e. The Morgan fingerprint density at radius 2 is 1.90 bits per heavy atom. The van der Waals surface area contributed by atoms with Gasteiger partial charge in [-0.2, -0.15) is 0 Å². The van der Waals surface area contributed by atoms with Crippen molar-refractivity contribution in [1.29, 1.82) is 0 Å². The number of rotatable bonds is 3. The van der Waals surface area contributed by atoms with Gasteiger partial charge in [0, 0.05) is 13.6 Å². The van der Waals surface area contributed by atoms with Gasteiger partial charge < -0.3 is 5.32 Å². The third-order valence-electron chi connectivity index (χ3n) is 3.70. The summed E-state index contributed by atoms with van der Waals surface area (Å²) in [5.74, 6) is 0. The van der Waals surface area contributed by atoms with E-state index in [0.717, 1.165) is 8.95 Å². The Morgan fingerprint density at radius 1 is 1.10 bits per heavy atom. The molecule has 1 heterocycles. The first-order chi connectivity index (χ1) is 10.1. The molecule has 1 N–H and O–H groups in total. The van der Waals surface area contributed by atoms with Crippen LogP contribution in [0.25, 0.3) is 10.1 Å². The average molecular weight is 425 g/mol. The molecule has 0 aliphatic carbocycles. The lowest BCUT2D eigenvalue weighted by molar-refractivity contribution is 0.698. The van der Waals surface area contributed by atoms with E-state index in [1.54, 1.807) is 11.3 Å². The highest BCUT2D eigenvalue weighted by Crippen LogP contribution is 2.37. The first-order valence-corrected chi connectivity index (χ1v) is 9.17. The van der Waals surface area contributed by atoms with Crippen molar-refractivity contribution >= 4 is 53.3 Å². The fourth-order valence-electron chi connectivity index (χ4n) is 2.61. The summed E-state index contributed by atoms with van der Waals surface area (Å²) >= 11 is 9.01. The Balaban J connectivity index is 2.14. The molecule has 0 bridgehead atoms. The molecule has 0 amide bonds. The Labute approximate surface area is 145 Å². The van der Waals surface area contributed by atoms with Crippen molar-refractivity contribution in [3.8, 4) is 0 Å². The van der Waals surface area contributed by atoms with Gasteiger partial charge in [-0.15, -0.1) is 11.3 Å². The van der Waals surface area contributed by atoms with Crippen LogP contribution in [0, 0.1) is 6.92 Å². The van der Waals surface area contributed by atoms with Crippen molar-refractivity contribution in [2.75, 3.05) is 7.05 Å². The maximum absolute atomic E-state index is 3.64. The second kappa shape index (κ2) is 6.21. The summed E-state index contributed by atoms with van der Waals surface area (Å²) < 4.78 is 3.62. The zero-order valence-electron chi connectivity index (χ0n) is 11.8. The van der Waals surface area contributed by atoms with Crippen LogP contribution in [0.1, 0.15) is 22.7 Å². The molecule has 0 saturated carbocycles. The molecule has 3 aromatic rings. The summed E-state index contributed by atoms with van der Waals surface area (Å²) in [6.45, 7) is 2.13. The molecule has 108 valence electrons. The first-order valence-electron chi connectivity index (χ1n) is 6.70. The van der Waals surface area contributed by atoms with Gasteiger partial charge in [0.05, 0.1) is 6.04 Å². The average Bonchev–Trinajstić information content (AvgIpc) is 2.89. The first kappa shape index (κ1) is 15.2. The summed E-state index contributed by atoms with van der Waals surface area (Å²) in [6.07, 6.45) is 0. The SMILES string of the molecule is CNC(c1ccc(Br)c(C)c1)c1csc2c(Br)cccc12. The predicted molar refractivity (Wildman–Crippen MR) is 99.3 cm³/mol. The predicted octanol–water partition coefficient (Wildman–Crippen LogP) is 6.04. The second-order valence-electron chi connectivity index (χ2n) is 5.04. The zero-order valence-corrected chi connectivity index (χ0v) is 15.8. The Hall–Kier alpha value is -0.680. The van der Waals surface area contributed by atoms with Crippen LogP contribution in [0.4, 0.5) is 0 Å². The van der Waals surface area contributed by atoms with Gasteiger partial charge in [0.25, 0.3) is 0 Å². The third kappa shape index (κ3) is 2.82. The van der Waals surface area contributed by atoms with Crippen molar-refractivity contribution in [3.05, 3.63) is 67.4 Å². The van der Waals surface area contributed by atoms with Crippen molar-refractivity contribution in [1.82, 2.24) is 5.32 Å². The van der Waals surface area contributed by atoms with E-state index in [-0.39, 0.29) is 6.04 Å². The molecule has 1 atom stereocenters. The lowest BCUT2D eigenvalue weighted by Crippen LogP contribution is -2.17. The van der Waals surface area contributed by atoms with Crippen LogP contribution in [-0.4, -0.2) is 7.05 Å². The number of hydrogen-bond donors (Lipinski definition) is 1. The Morgan fingerprint density at radius 3 is 2.62 bits per heavy atom. The molecule has 0 radical (unpaired) electrons. The minimum Gasteiger partial charge on any atom is -0.309 e. The van der Waals surface area contributed by atoms with Gasteiger partial charge in [-0.05, 0) is 69.5 Å². The van der Waals surface area contributed by atoms with Crippen LogP contribution < -0.4 is 5.32 Å². The summed E-state index contributed by atoms with van der Waals surface area (Å²) in [6, 6.07) is 13.1. The van der Waals surface area contributed by atoms with Crippen LogP contribution in [-0.2, 0) is 0 Å². The van der Waals surface area contributed by atoms with E-state index in [9.17, 15) is 0 Å². The van der Waals surface area contributed by atoms with E-state index >= 15 is 0 Å². The minimum atomic E-state index is 0.208. The molecule has 1 aromatic heterocycles. The number of fused-ring (bicyclic) bond motifs is 1. The van der Waals surface area contributed by atoms with Gasteiger partial charge in [0.15, 0.2) is 0 Å². The molecule has 4 heteroatoms. The highest BCUT2D eigenvalue weighted by molar-refractivity contribution is 9.11. The molecule has 0 spiro atoms. The van der Waals surface area contributed by atoms with Gasteiger partial charge >= 0.3 is 0 Å². The standard InChI is InChI=1S/C17H15Br2NS/c1-10-8-11(6-7-14(10)18)16(20-2)13-9-21-17-12(13)4-3-5-15(17)19/h3-9,16,20H,1-2H3. The van der Waals surface area contributed by atoms with Crippen molar-refractivity contribution in [3.63, 3.8) is 0 Å². The number of thiophene rings is 1. The molecule has 3 rings (SSSR count). The number of hydrogen-bond acceptors (Lipinski definition) is 2. The van der Waals surface area contributed by atoms with E-state index in [0.29, 0.717) is 0 Å². The lowest BCUT2D eigenvalue weighted by Gasteiger charge is -2.17. The molecule has 1 unspecified atom stereocenters. The molecular formula is C17H15Br2NS. The van der Waals surface area contributed by atoms with Crippen LogP contribution in [0.3, 0.4) is 0 Å². The van der Waals surface area contributed by atoms with Gasteiger partial charge in [0.2, 0.25) is 0 Å². The van der Waals surface area contributed by atoms with Gasteiger partial charge in [-0.3, -0.25) is 0 Å². The summed E-state index contributed by atoms with van der Waals surface area (Å²) in [5, 5.41) is 7.03. The minimum absolute atomic E-state index is 0.208. The molecule has 0 fully saturated rings. The highest BCUT2D eigenvalue weighted by atomic mass is 79.9. The van der Waals surface area contributed by atoms with Crippen LogP contribution in [0.15, 0.2) is 50.7 Å². The molecule has 1 nitrogen and oxygen atoms in total. The third-order valence-corrected chi connectivity index (χ3v) is 6.56. The fraction of sp³-hybridized carbons (Fsp3) is 0.176. The second-order valence-corrected chi connectivity index (χ2v) is 7.63. The monoisotopic (exact) mass is 423 g/mol. The summed E-state index contributed by atoms with van der Waals surface area (Å²) in [4.78, 5) is 0. The molecule has 21 heavy (non-hydrogen) atoms. The van der Waals surface area contributed by atoms with Crippen molar-refractivity contribution in [2.45, 2.75) is 13.0 Å². The van der Waals surface area contributed by atoms with Crippen LogP contribution >= 0.6 is 43.2 Å². The largest absolute Gasteiger partial charge is 0.309 e. The number of benzene rings is 2. The molecule has 0 aliphatic rings. The van der Waals surface area contributed by atoms with Gasteiger partial charge in [0.1, 0.15) is 0 Å². The van der Waals surface area contributed by atoms with Crippen molar-refractivity contribution in [2.24, 2.45) is 0 Å². The normalized spacial score (nSPS) is 12.8. The molecule has 0 saturated heterocycles. The van der Waals surface area contributed by atoms with Gasteiger partial charge in [-0.1, -0.05) is 40.2 Å². The van der Waals surface area contributed by atoms with Crippen LogP contribution in [0.5, 0.6) is 0 Å². The van der Waals surface area contributed by atoms with E-state index in [1.807, 2.05) is 7.05 Å². The topological polar surface area (TPSA) is 12.0 Å². The van der Waals surface area contributed by atoms with Gasteiger partial charge in [-0.25, -0.2) is 0 Å². The molecular weight excluding hydrogens is 410 g/mol. The van der Waals surface area contributed by atoms with Crippen LogP contribution in [0.2, 0.25) is 0 Å². The smallest absolute Gasteiger partial charge is 0.0588 e. The van der Waals surface area contributed by atoms with E-state index in [1.165, 1.54) is 26.8 Å². The maximum atomic E-state index is 3.64. The van der Waals surface area contributed by atoms with E-state index < -0.39 is 0 Å². The fourth-order valence-corrected chi connectivity index (χ4v) is 4.51. The number of aryl methyl sites for hydroxylation is 1. The zero-order chi connectivity index (χ0) is 15.0. The van der Waals surface area contributed by atoms with E-state index in [4.69, 9.17) is 0 Å². The quantitative estimate of drug-likeness (QED) is 0.540. The van der Waals surface area contributed by atoms with Crippen molar-refractivity contribution < 1.29 is 0 Å². The summed E-state index contributed by atoms with van der Waals surface area (Å²) in [5.41, 5.74) is 3.88. The Bertz CT molecular complexity index is 795. The lowest BCUT2D eigenvalue weighted by atomic mass is 9.97. The molecule has 2 aromatic carbocycles. The molecule has 0 aliphatic heterocycles. The summed E-state index contributed by atoms with van der Waals surface area (Å²) in [7, 11) is 2.02.